The lowest BCUT2D eigenvalue weighted by molar-refractivity contribution is -0.139. The van der Waals surface area contributed by atoms with Gasteiger partial charge in [-0.25, -0.2) is 9.88 Å². The molecule has 1 aromatic rings. The predicted molar refractivity (Wildman–Crippen MR) is 72.1 cm³/mol. The molecule has 8 heteroatoms. The molecule has 0 N–H and O–H groups in total. The number of thiazole rings is 1. The molecule has 1 unspecified atom stereocenters. The van der Waals surface area contributed by atoms with Gasteiger partial charge in [0.1, 0.15) is 0 Å². The highest BCUT2D eigenvalue weighted by Gasteiger charge is 2.41. The van der Waals surface area contributed by atoms with Gasteiger partial charge in [0, 0.05) is 18.0 Å². The first kappa shape index (κ1) is 14.0. The van der Waals surface area contributed by atoms with Gasteiger partial charge in [0.05, 0.1) is 17.6 Å². The lowest BCUT2D eigenvalue weighted by atomic mass is 10.4. The maximum Gasteiger partial charge on any atom is 0.315 e. The van der Waals surface area contributed by atoms with E-state index in [0.29, 0.717) is 11.7 Å². The van der Waals surface area contributed by atoms with Gasteiger partial charge < -0.3 is 4.74 Å². The van der Waals surface area contributed by atoms with Gasteiger partial charge in [-0.1, -0.05) is 0 Å². The van der Waals surface area contributed by atoms with Crippen molar-refractivity contribution in [2.45, 2.75) is 18.6 Å². The number of amides is 2. The molecule has 19 heavy (non-hydrogen) atoms. The molecule has 0 aromatic carbocycles. The number of nitrogens with zero attached hydrogens (tertiary/aromatic N) is 2. The van der Waals surface area contributed by atoms with E-state index in [9.17, 15) is 14.4 Å². The number of imide groups is 1. The van der Waals surface area contributed by atoms with E-state index in [1.165, 1.54) is 11.3 Å². The normalized spacial score (nSPS) is 19.0. The summed E-state index contributed by atoms with van der Waals surface area (Å²) in [6.45, 7) is 2.03. The summed E-state index contributed by atoms with van der Waals surface area (Å²) in [6.07, 6.45) is 1.64. The number of rotatable bonds is 5. The highest BCUT2D eigenvalue weighted by atomic mass is 32.2. The molecule has 102 valence electrons. The van der Waals surface area contributed by atoms with Crippen LogP contribution >= 0.6 is 23.1 Å². The fraction of sp³-hybridized carbons (Fsp3) is 0.455. The number of esters is 1. The molecule has 2 rings (SSSR count). The first-order chi connectivity index (χ1) is 9.13. The summed E-state index contributed by atoms with van der Waals surface area (Å²) in [4.78, 5) is 40.2. The molecular weight excluding hydrogens is 288 g/mol. The lowest BCUT2D eigenvalue weighted by Crippen LogP contribution is -2.31. The van der Waals surface area contributed by atoms with Gasteiger partial charge in [-0.2, -0.15) is 0 Å². The van der Waals surface area contributed by atoms with Crippen molar-refractivity contribution in [1.82, 2.24) is 4.98 Å². The molecule has 1 aromatic heterocycles. The van der Waals surface area contributed by atoms with E-state index < -0.39 is 5.25 Å². The number of anilines is 1. The van der Waals surface area contributed by atoms with Gasteiger partial charge in [0.25, 0.3) is 0 Å². The average molecular weight is 300 g/mol. The van der Waals surface area contributed by atoms with Crippen LogP contribution in [0.5, 0.6) is 0 Å². The number of carbonyl (C=O) groups excluding carboxylic acids is 3. The summed E-state index contributed by atoms with van der Waals surface area (Å²) in [5.41, 5.74) is 0. The van der Waals surface area contributed by atoms with Crippen LogP contribution in [0, 0.1) is 0 Å². The van der Waals surface area contributed by atoms with E-state index in [0.717, 1.165) is 16.7 Å². The minimum Gasteiger partial charge on any atom is -0.465 e. The maximum absolute atomic E-state index is 12.1. The zero-order chi connectivity index (χ0) is 13.8. The fourth-order valence-electron chi connectivity index (χ4n) is 1.63. The Hall–Kier alpha value is -1.41. The third-order valence-corrected chi connectivity index (χ3v) is 4.35. The zero-order valence-electron chi connectivity index (χ0n) is 10.2. The van der Waals surface area contributed by atoms with E-state index in [1.807, 2.05) is 0 Å². The van der Waals surface area contributed by atoms with Crippen molar-refractivity contribution in [2.75, 3.05) is 17.3 Å². The molecule has 1 saturated heterocycles. The Morgan fingerprint density at radius 3 is 3.05 bits per heavy atom. The molecule has 2 heterocycles. The second kappa shape index (κ2) is 6.16. The molecule has 6 nitrogen and oxygen atoms in total. The van der Waals surface area contributed by atoms with Gasteiger partial charge in [0.2, 0.25) is 11.8 Å². The topological polar surface area (TPSA) is 76.6 Å². The van der Waals surface area contributed by atoms with Crippen molar-refractivity contribution >= 4 is 46.0 Å². The van der Waals surface area contributed by atoms with Crippen molar-refractivity contribution in [3.8, 4) is 0 Å². The number of hydrogen-bond acceptors (Lipinski definition) is 7. The van der Waals surface area contributed by atoms with Crippen LogP contribution in [-0.2, 0) is 19.1 Å². The number of hydrogen-bond donors (Lipinski definition) is 0. The van der Waals surface area contributed by atoms with E-state index in [-0.39, 0.29) is 30.0 Å². The van der Waals surface area contributed by atoms with Crippen molar-refractivity contribution in [3.63, 3.8) is 0 Å². The quantitative estimate of drug-likeness (QED) is 0.598. The van der Waals surface area contributed by atoms with Crippen molar-refractivity contribution in [3.05, 3.63) is 11.6 Å². The molecular formula is C11H12N2O4S2. The average Bonchev–Trinajstić information content (AvgIpc) is 2.96. The van der Waals surface area contributed by atoms with Crippen LogP contribution in [0.3, 0.4) is 0 Å². The Bertz CT molecular complexity index is 489. The van der Waals surface area contributed by atoms with Crippen molar-refractivity contribution < 1.29 is 19.1 Å². The number of thioether (sulfide) groups is 1. The Kier molecular flexibility index (Phi) is 4.54. The molecule has 0 radical (unpaired) electrons. The van der Waals surface area contributed by atoms with Crippen LogP contribution < -0.4 is 4.90 Å². The smallest absolute Gasteiger partial charge is 0.315 e. The van der Waals surface area contributed by atoms with Crippen LogP contribution in [0.4, 0.5) is 5.13 Å². The SMILES string of the molecule is CCOC(=O)CSC1CC(=O)N(c2nccs2)C1=O. The molecule has 0 spiro atoms. The Balaban J connectivity index is 1.97. The largest absolute Gasteiger partial charge is 0.465 e. The molecule has 1 aliphatic heterocycles. The first-order valence-electron chi connectivity index (χ1n) is 5.67. The molecule has 0 aliphatic carbocycles. The van der Waals surface area contributed by atoms with Gasteiger partial charge in [-0.3, -0.25) is 14.4 Å². The van der Waals surface area contributed by atoms with Crippen LogP contribution in [0.15, 0.2) is 11.6 Å². The van der Waals surface area contributed by atoms with Crippen LogP contribution in [0.25, 0.3) is 0 Å². The second-order valence-electron chi connectivity index (χ2n) is 3.69. The summed E-state index contributed by atoms with van der Waals surface area (Å²) in [6, 6.07) is 0. The standard InChI is InChI=1S/C11H12N2O4S2/c1-2-17-9(15)6-19-7-5-8(14)13(10(7)16)11-12-3-4-18-11/h3-4,7H,2,5-6H2,1H3. The number of ether oxygens (including phenoxy) is 1. The third kappa shape index (κ3) is 3.13. The van der Waals surface area contributed by atoms with E-state index in [1.54, 1.807) is 18.5 Å². The summed E-state index contributed by atoms with van der Waals surface area (Å²) in [7, 11) is 0. The zero-order valence-corrected chi connectivity index (χ0v) is 11.8. The third-order valence-electron chi connectivity index (χ3n) is 2.42. The Labute approximate surface area is 118 Å². The lowest BCUT2D eigenvalue weighted by Gasteiger charge is -2.10. The van der Waals surface area contributed by atoms with E-state index >= 15 is 0 Å². The second-order valence-corrected chi connectivity index (χ2v) is 5.75. The molecule has 2 amide bonds. The van der Waals surface area contributed by atoms with Gasteiger partial charge >= 0.3 is 5.97 Å². The predicted octanol–water partition coefficient (Wildman–Crippen LogP) is 1.07. The van der Waals surface area contributed by atoms with E-state index in [2.05, 4.69) is 4.98 Å². The highest BCUT2D eigenvalue weighted by molar-refractivity contribution is 8.01. The molecule has 1 atom stereocenters. The minimum atomic E-state index is -0.527. The maximum atomic E-state index is 12.1. The Morgan fingerprint density at radius 1 is 1.63 bits per heavy atom. The summed E-state index contributed by atoms with van der Waals surface area (Å²) >= 11 is 2.37. The Morgan fingerprint density at radius 2 is 2.42 bits per heavy atom. The van der Waals surface area contributed by atoms with Gasteiger partial charge in [-0.15, -0.1) is 23.1 Å². The monoisotopic (exact) mass is 300 g/mol. The number of aromatic nitrogens is 1. The first-order valence-corrected chi connectivity index (χ1v) is 7.59. The fourth-order valence-corrected chi connectivity index (χ4v) is 3.22. The number of carbonyl (C=O) groups is 3. The highest BCUT2D eigenvalue weighted by Crippen LogP contribution is 2.30. The van der Waals surface area contributed by atoms with Crippen LogP contribution in [-0.4, -0.2) is 40.4 Å². The summed E-state index contributed by atoms with van der Waals surface area (Å²) in [5.74, 6) is -0.889. The molecule has 0 saturated carbocycles. The van der Waals surface area contributed by atoms with Gasteiger partial charge in [-0.05, 0) is 6.92 Å². The summed E-state index contributed by atoms with van der Waals surface area (Å²) in [5, 5.41) is 1.56. The summed E-state index contributed by atoms with van der Waals surface area (Å²) < 4.78 is 4.78. The van der Waals surface area contributed by atoms with Crippen LogP contribution in [0.1, 0.15) is 13.3 Å². The van der Waals surface area contributed by atoms with Crippen LogP contribution in [0.2, 0.25) is 0 Å². The molecule has 1 aliphatic rings. The molecule has 0 bridgehead atoms. The van der Waals surface area contributed by atoms with Gasteiger partial charge in [0.15, 0.2) is 5.13 Å². The minimum absolute atomic E-state index is 0.0727. The molecule has 1 fully saturated rings. The van der Waals surface area contributed by atoms with Crippen molar-refractivity contribution in [2.24, 2.45) is 0 Å². The van der Waals surface area contributed by atoms with Crippen molar-refractivity contribution in [1.29, 1.82) is 0 Å². The van der Waals surface area contributed by atoms with E-state index in [4.69, 9.17) is 4.74 Å².